The fourth-order valence-electron chi connectivity index (χ4n) is 4.81. The Morgan fingerprint density at radius 3 is 2.65 bits per heavy atom. The minimum atomic E-state index is -0.277. The summed E-state index contributed by atoms with van der Waals surface area (Å²) in [6, 6.07) is 13.6. The summed E-state index contributed by atoms with van der Waals surface area (Å²) in [5.74, 6) is -0.277. The van der Waals surface area contributed by atoms with E-state index in [0.29, 0.717) is 23.6 Å². The van der Waals surface area contributed by atoms with Gasteiger partial charge in [0.2, 0.25) is 0 Å². The monoisotopic (exact) mass is 480 g/mol. The average molecular weight is 481 g/mol. The summed E-state index contributed by atoms with van der Waals surface area (Å²) in [5.41, 5.74) is 4.46. The quantitative estimate of drug-likeness (QED) is 0.558. The van der Waals surface area contributed by atoms with Gasteiger partial charge in [-0.1, -0.05) is 6.08 Å². The standard InChI is InChI=1S/C26H28N4O3.ClH/c1-2-33-26(32)18-5-8-20(9-6-18)29-12-14-30(15-13-29)21-10-7-19(16-21)23-17-24-22(25(31)28-23)4-3-11-27-24;/h3-6,8-9,11,16-17,21H,2,7,10,12-15H2,1H3,(H,28,31);1H/t21-;/m1./s1. The molecule has 1 aliphatic heterocycles. The lowest BCUT2D eigenvalue weighted by molar-refractivity contribution is 0.0526. The molecule has 5 rings (SSSR count). The van der Waals surface area contributed by atoms with Crippen LogP contribution in [0, 0.1) is 0 Å². The molecule has 0 bridgehead atoms. The fourth-order valence-corrected chi connectivity index (χ4v) is 4.81. The molecule has 1 atom stereocenters. The van der Waals surface area contributed by atoms with Crippen molar-refractivity contribution in [3.05, 3.63) is 76.3 Å². The molecule has 1 aliphatic carbocycles. The number of nitrogens with one attached hydrogen (secondary N) is 1. The van der Waals surface area contributed by atoms with Gasteiger partial charge in [0.1, 0.15) is 0 Å². The molecular formula is C26H29ClN4O3. The molecule has 0 amide bonds. The number of carbonyl (C=O) groups excluding carboxylic acids is 1. The van der Waals surface area contributed by atoms with Crippen LogP contribution in [-0.2, 0) is 4.74 Å². The first-order chi connectivity index (χ1) is 16.1. The van der Waals surface area contributed by atoms with Gasteiger partial charge in [-0.05, 0) is 67.8 Å². The van der Waals surface area contributed by atoms with Crippen LogP contribution in [0.1, 0.15) is 35.8 Å². The number of aromatic nitrogens is 2. The number of fused-ring (bicyclic) bond motifs is 1. The van der Waals surface area contributed by atoms with Crippen molar-refractivity contribution in [1.29, 1.82) is 0 Å². The zero-order valence-electron chi connectivity index (χ0n) is 19.2. The van der Waals surface area contributed by atoms with Crippen LogP contribution in [0.4, 0.5) is 5.69 Å². The van der Waals surface area contributed by atoms with E-state index in [2.05, 4.69) is 25.8 Å². The Balaban J connectivity index is 0.00000274. The van der Waals surface area contributed by atoms with Crippen LogP contribution in [0.3, 0.4) is 0 Å². The smallest absolute Gasteiger partial charge is 0.338 e. The van der Waals surface area contributed by atoms with Crippen LogP contribution in [0.5, 0.6) is 0 Å². The second-order valence-electron chi connectivity index (χ2n) is 8.54. The zero-order chi connectivity index (χ0) is 22.8. The van der Waals surface area contributed by atoms with E-state index in [0.717, 1.165) is 55.9 Å². The molecule has 1 N–H and O–H groups in total. The Morgan fingerprint density at radius 2 is 1.91 bits per heavy atom. The molecule has 3 heterocycles. The normalized spacial score (nSPS) is 18.4. The number of H-pyrrole nitrogens is 1. The third-order valence-corrected chi connectivity index (χ3v) is 6.59. The van der Waals surface area contributed by atoms with Crippen molar-refractivity contribution >= 4 is 40.5 Å². The van der Waals surface area contributed by atoms with Crippen molar-refractivity contribution < 1.29 is 9.53 Å². The Morgan fingerprint density at radius 1 is 1.15 bits per heavy atom. The zero-order valence-corrected chi connectivity index (χ0v) is 20.0. The molecule has 2 aromatic heterocycles. The average Bonchev–Trinajstić information content (AvgIpc) is 3.35. The molecule has 178 valence electrons. The summed E-state index contributed by atoms with van der Waals surface area (Å²) in [5, 5.41) is 0.628. The van der Waals surface area contributed by atoms with Gasteiger partial charge in [0, 0.05) is 49.8 Å². The second kappa shape index (κ2) is 10.4. The second-order valence-corrected chi connectivity index (χ2v) is 8.54. The minimum absolute atomic E-state index is 0. The molecule has 34 heavy (non-hydrogen) atoms. The number of ether oxygens (including phenoxy) is 1. The first-order valence-corrected chi connectivity index (χ1v) is 11.6. The Labute approximate surface area is 204 Å². The highest BCUT2D eigenvalue weighted by Gasteiger charge is 2.27. The van der Waals surface area contributed by atoms with E-state index in [4.69, 9.17) is 4.74 Å². The third kappa shape index (κ3) is 4.86. The largest absolute Gasteiger partial charge is 0.462 e. The molecule has 0 spiro atoms. The number of benzene rings is 1. The number of halogens is 1. The van der Waals surface area contributed by atoms with Gasteiger partial charge in [-0.3, -0.25) is 14.7 Å². The van der Waals surface area contributed by atoms with Crippen molar-refractivity contribution in [1.82, 2.24) is 14.9 Å². The van der Waals surface area contributed by atoms with Crippen LogP contribution in [0.15, 0.2) is 59.5 Å². The van der Waals surface area contributed by atoms with Crippen molar-refractivity contribution in [2.45, 2.75) is 25.8 Å². The van der Waals surface area contributed by atoms with Gasteiger partial charge in [0.05, 0.1) is 23.1 Å². The third-order valence-electron chi connectivity index (χ3n) is 6.59. The van der Waals surface area contributed by atoms with Gasteiger partial charge in [0.15, 0.2) is 0 Å². The summed E-state index contributed by atoms with van der Waals surface area (Å²) >= 11 is 0. The number of nitrogens with zero attached hydrogens (tertiary/aromatic N) is 3. The number of aromatic amines is 1. The summed E-state index contributed by atoms with van der Waals surface area (Å²) in [6.07, 6.45) is 6.05. The van der Waals surface area contributed by atoms with Crippen LogP contribution >= 0.6 is 12.4 Å². The van der Waals surface area contributed by atoms with Crippen molar-refractivity contribution in [2.75, 3.05) is 37.7 Å². The molecule has 1 aromatic carbocycles. The molecule has 1 fully saturated rings. The number of hydrogen-bond acceptors (Lipinski definition) is 6. The first kappa shape index (κ1) is 24.0. The van der Waals surface area contributed by atoms with Crippen molar-refractivity contribution in [3.8, 4) is 0 Å². The number of rotatable bonds is 5. The number of hydrogen-bond donors (Lipinski definition) is 1. The molecule has 8 heteroatoms. The number of allylic oxidation sites excluding steroid dienone is 1. The molecular weight excluding hydrogens is 452 g/mol. The summed E-state index contributed by atoms with van der Waals surface area (Å²) in [4.78, 5) is 36.6. The van der Waals surface area contributed by atoms with Crippen LogP contribution in [0.2, 0.25) is 0 Å². The Hall–Kier alpha value is -3.16. The molecule has 0 unspecified atom stereocenters. The number of pyridine rings is 2. The van der Waals surface area contributed by atoms with Gasteiger partial charge < -0.3 is 14.6 Å². The Kier molecular flexibility index (Phi) is 7.34. The highest BCUT2D eigenvalue weighted by Crippen LogP contribution is 2.31. The van der Waals surface area contributed by atoms with Gasteiger partial charge >= 0.3 is 5.97 Å². The predicted octanol–water partition coefficient (Wildman–Crippen LogP) is 3.89. The van der Waals surface area contributed by atoms with Crippen LogP contribution in [0.25, 0.3) is 16.5 Å². The van der Waals surface area contributed by atoms with E-state index >= 15 is 0 Å². The number of piperazine rings is 1. The number of carbonyl (C=O) groups is 1. The summed E-state index contributed by atoms with van der Waals surface area (Å²) < 4.78 is 5.06. The van der Waals surface area contributed by atoms with E-state index in [-0.39, 0.29) is 23.9 Å². The highest BCUT2D eigenvalue weighted by atomic mass is 35.5. The maximum Gasteiger partial charge on any atom is 0.338 e. The fraction of sp³-hybridized carbons (Fsp3) is 0.346. The molecule has 0 radical (unpaired) electrons. The minimum Gasteiger partial charge on any atom is -0.462 e. The maximum absolute atomic E-state index is 12.4. The number of esters is 1. The van der Waals surface area contributed by atoms with Gasteiger partial charge in [-0.2, -0.15) is 0 Å². The van der Waals surface area contributed by atoms with Gasteiger partial charge in [0.25, 0.3) is 5.56 Å². The summed E-state index contributed by atoms with van der Waals surface area (Å²) in [6.45, 7) is 6.03. The van der Waals surface area contributed by atoms with E-state index in [1.807, 2.05) is 37.3 Å². The van der Waals surface area contributed by atoms with E-state index in [9.17, 15) is 9.59 Å². The first-order valence-electron chi connectivity index (χ1n) is 11.6. The van der Waals surface area contributed by atoms with Crippen molar-refractivity contribution in [3.63, 3.8) is 0 Å². The SMILES string of the molecule is CCOC(=O)c1ccc(N2CCN([C@H]3C=C(c4cc5ncccc5c(=O)[nH]4)CC3)CC2)cc1.Cl. The van der Waals surface area contributed by atoms with Crippen LogP contribution in [-0.4, -0.2) is 59.7 Å². The predicted molar refractivity (Wildman–Crippen MR) is 137 cm³/mol. The lowest BCUT2D eigenvalue weighted by atomic mass is 10.1. The molecule has 0 saturated carbocycles. The van der Waals surface area contributed by atoms with Gasteiger partial charge in [-0.15, -0.1) is 12.4 Å². The molecule has 7 nitrogen and oxygen atoms in total. The molecule has 1 saturated heterocycles. The number of anilines is 1. The maximum atomic E-state index is 12.4. The van der Waals surface area contributed by atoms with E-state index in [1.54, 1.807) is 18.3 Å². The van der Waals surface area contributed by atoms with Crippen molar-refractivity contribution in [2.24, 2.45) is 0 Å². The molecule has 3 aromatic rings. The molecule has 2 aliphatic rings. The van der Waals surface area contributed by atoms with Crippen LogP contribution < -0.4 is 10.5 Å². The Bertz CT molecular complexity index is 1250. The summed E-state index contributed by atoms with van der Waals surface area (Å²) in [7, 11) is 0. The van der Waals surface area contributed by atoms with E-state index in [1.165, 1.54) is 5.57 Å². The lowest BCUT2D eigenvalue weighted by Gasteiger charge is -2.38. The lowest BCUT2D eigenvalue weighted by Crippen LogP contribution is -2.49. The van der Waals surface area contributed by atoms with E-state index < -0.39 is 0 Å². The highest BCUT2D eigenvalue weighted by molar-refractivity contribution is 5.89. The van der Waals surface area contributed by atoms with Gasteiger partial charge in [-0.25, -0.2) is 4.79 Å². The topological polar surface area (TPSA) is 78.5 Å².